The third-order valence-electron chi connectivity index (χ3n) is 12.4. The topological polar surface area (TPSA) is 438 Å². The highest BCUT2D eigenvalue weighted by Crippen LogP contribution is 2.20. The Balaban J connectivity index is 2.16. The van der Waals surface area contributed by atoms with E-state index in [4.69, 9.17) is 17.2 Å². The second kappa shape index (κ2) is 33.8. The SMILES string of the molecule is CC[C@H](C)[C@@H](NC(=O)[C@@H]1CCCN1C(=O)[C@H](C)NC(=O)[C@H](CCSC)NC(=O)CNC(=O)[C@H](CCCCN)NC(=O)[C@H](Cc1cnc[nH]1)NC(=O)[C@@H](N)[C@@H](C)O)C(=O)N[C@@H](CCCCN)C(=O)N[C@@H](CO)C(=O)O. The van der Waals surface area contributed by atoms with Gasteiger partial charge in [0.05, 0.1) is 25.6 Å². The molecule has 0 saturated carbocycles. The molecule has 28 heteroatoms. The molecule has 0 bridgehead atoms. The predicted molar refractivity (Wildman–Crippen MR) is 272 cm³/mol. The number of aromatic amines is 1. The molecule has 18 N–H and O–H groups in total. The van der Waals surface area contributed by atoms with Crippen LogP contribution in [-0.4, -0.2) is 195 Å². The summed E-state index contributed by atoms with van der Waals surface area (Å²) in [6.07, 6.45) is 6.47. The van der Waals surface area contributed by atoms with Crippen LogP contribution in [0.4, 0.5) is 0 Å². The second-order valence-electron chi connectivity index (χ2n) is 18.3. The summed E-state index contributed by atoms with van der Waals surface area (Å²) in [5, 5.41) is 49.1. The number of thioether (sulfide) groups is 1. The van der Waals surface area contributed by atoms with Gasteiger partial charge in [-0.3, -0.25) is 43.2 Å². The van der Waals surface area contributed by atoms with Gasteiger partial charge in [0.1, 0.15) is 54.4 Å². The Bertz CT molecular complexity index is 2000. The smallest absolute Gasteiger partial charge is 0.328 e. The number of hydrogen-bond acceptors (Lipinski definition) is 17. The summed E-state index contributed by atoms with van der Waals surface area (Å²) >= 11 is 1.39. The van der Waals surface area contributed by atoms with E-state index < -0.39 is 139 Å². The molecule has 2 rings (SSSR count). The first-order chi connectivity index (χ1) is 35.1. The average molecular weight is 1070 g/mol. The number of aromatic nitrogens is 2. The lowest BCUT2D eigenvalue weighted by Gasteiger charge is -2.31. The fourth-order valence-electron chi connectivity index (χ4n) is 7.75. The van der Waals surface area contributed by atoms with E-state index >= 15 is 0 Å². The monoisotopic (exact) mass is 1070 g/mol. The second-order valence-corrected chi connectivity index (χ2v) is 19.3. The minimum Gasteiger partial charge on any atom is -0.480 e. The van der Waals surface area contributed by atoms with Crippen LogP contribution in [0.3, 0.4) is 0 Å². The van der Waals surface area contributed by atoms with Crippen molar-refractivity contribution < 1.29 is 63.3 Å². The number of rotatable bonds is 35. The number of nitrogens with two attached hydrogens (primary N) is 3. The Labute approximate surface area is 435 Å². The molecule has 0 aromatic carbocycles. The van der Waals surface area contributed by atoms with Gasteiger partial charge in [0.2, 0.25) is 53.2 Å². The number of aliphatic hydroxyl groups excluding tert-OH is 2. The highest BCUT2D eigenvalue weighted by atomic mass is 32.2. The fraction of sp³-hybridized carbons (Fsp3) is 0.717. The van der Waals surface area contributed by atoms with Crippen molar-refractivity contribution in [3.8, 4) is 0 Å². The van der Waals surface area contributed by atoms with E-state index in [2.05, 4.69) is 52.5 Å². The first-order valence-electron chi connectivity index (χ1n) is 25.0. The molecular formula is C46H80N14O13S. The van der Waals surface area contributed by atoms with Crippen molar-refractivity contribution in [2.45, 2.75) is 159 Å². The molecule has 9 amide bonds. The largest absolute Gasteiger partial charge is 0.480 e. The van der Waals surface area contributed by atoms with Crippen LogP contribution in [0.2, 0.25) is 0 Å². The third-order valence-corrected chi connectivity index (χ3v) is 13.1. The average Bonchev–Trinajstić information content (AvgIpc) is 4.09. The number of likely N-dealkylation sites (tertiary alicyclic amines) is 1. The molecular weight excluding hydrogens is 989 g/mol. The predicted octanol–water partition coefficient (Wildman–Crippen LogP) is -4.68. The fourth-order valence-corrected chi connectivity index (χ4v) is 8.22. The molecule has 11 atom stereocenters. The first kappa shape index (κ1) is 64.2. The number of aliphatic carboxylic acids is 1. The van der Waals surface area contributed by atoms with Gasteiger partial charge < -0.3 is 84.9 Å². The van der Waals surface area contributed by atoms with Crippen LogP contribution >= 0.6 is 11.8 Å². The Morgan fingerprint density at radius 2 is 1.34 bits per heavy atom. The molecule has 0 spiro atoms. The number of carboxylic acids is 1. The van der Waals surface area contributed by atoms with Gasteiger partial charge in [-0.25, -0.2) is 9.78 Å². The van der Waals surface area contributed by atoms with Crippen molar-refractivity contribution in [2.24, 2.45) is 23.1 Å². The summed E-state index contributed by atoms with van der Waals surface area (Å²) in [6.45, 7) is 5.47. The highest BCUT2D eigenvalue weighted by molar-refractivity contribution is 7.98. The summed E-state index contributed by atoms with van der Waals surface area (Å²) < 4.78 is 0. The summed E-state index contributed by atoms with van der Waals surface area (Å²) in [7, 11) is 0. The van der Waals surface area contributed by atoms with Crippen molar-refractivity contribution in [3.63, 3.8) is 0 Å². The van der Waals surface area contributed by atoms with Crippen LogP contribution in [0.1, 0.15) is 97.6 Å². The Hall–Kier alpha value is -5.94. The summed E-state index contributed by atoms with van der Waals surface area (Å²) in [5.41, 5.74) is 17.6. The van der Waals surface area contributed by atoms with Gasteiger partial charge in [-0.15, -0.1) is 0 Å². The van der Waals surface area contributed by atoms with Crippen LogP contribution in [-0.2, 0) is 54.4 Å². The number of carboxylic acid groups (broad SMARTS) is 1. The molecule has 1 aromatic rings. The van der Waals surface area contributed by atoms with Gasteiger partial charge in [0.25, 0.3) is 0 Å². The quantitative estimate of drug-likeness (QED) is 0.0284. The first-order valence-corrected chi connectivity index (χ1v) is 26.4. The zero-order valence-electron chi connectivity index (χ0n) is 43.0. The molecule has 0 radical (unpaired) electrons. The van der Waals surface area contributed by atoms with Crippen molar-refractivity contribution in [1.82, 2.24) is 57.4 Å². The minimum absolute atomic E-state index is 0.0735. The molecule has 0 aliphatic carbocycles. The number of hydrogen-bond donors (Lipinski definition) is 15. The molecule has 418 valence electrons. The van der Waals surface area contributed by atoms with Crippen molar-refractivity contribution in [2.75, 3.05) is 44.8 Å². The number of H-pyrrole nitrogens is 1. The van der Waals surface area contributed by atoms with Gasteiger partial charge in [-0.05, 0) is 103 Å². The zero-order chi connectivity index (χ0) is 55.5. The van der Waals surface area contributed by atoms with Crippen molar-refractivity contribution >= 4 is 70.9 Å². The van der Waals surface area contributed by atoms with E-state index in [9.17, 15) is 63.3 Å². The molecule has 1 aromatic heterocycles. The Kier molecular flexibility index (Phi) is 29.3. The molecule has 1 aliphatic heterocycles. The molecule has 27 nitrogen and oxygen atoms in total. The maximum Gasteiger partial charge on any atom is 0.328 e. The van der Waals surface area contributed by atoms with Gasteiger partial charge in [-0.1, -0.05) is 20.3 Å². The number of carbonyl (C=O) groups excluding carboxylic acids is 9. The minimum atomic E-state index is -1.62. The number of nitrogens with zero attached hydrogens (tertiary/aromatic N) is 2. The van der Waals surface area contributed by atoms with E-state index in [1.807, 2.05) is 0 Å². The molecule has 1 fully saturated rings. The standard InChI is InChI=1S/C46H80N14O13S/c1-6-25(2)37(44(70)56-30(13-8-10-17-48)40(66)58-33(23-61)46(72)73)59-42(68)34-14-11-18-60(34)45(71)26(3)53-39(65)31(15-19-74-5)54-35(63)22-51-38(64)29(12-7-9-16-47)55-41(67)32(20-28-21-50-24-52-28)57-43(69)36(49)27(4)62/h21,24-27,29-34,36-37,61-62H,6-20,22-23,47-49H2,1-5H3,(H,50,52)(H,51,64)(H,53,65)(H,54,63)(H,55,67)(H,56,70)(H,57,69)(H,58,66)(H,59,68)(H,72,73)/t25-,26-,27+,29-,30-,31-,32-,33-,34-,36-,37+/m0/s1. The number of carbonyl (C=O) groups is 10. The van der Waals surface area contributed by atoms with E-state index in [-0.39, 0.29) is 38.6 Å². The van der Waals surface area contributed by atoms with Crippen LogP contribution < -0.4 is 59.7 Å². The Morgan fingerprint density at radius 1 is 0.770 bits per heavy atom. The van der Waals surface area contributed by atoms with Gasteiger partial charge >= 0.3 is 5.97 Å². The number of nitrogens with one attached hydrogen (secondary N) is 9. The van der Waals surface area contributed by atoms with Crippen LogP contribution in [0.5, 0.6) is 0 Å². The van der Waals surface area contributed by atoms with Crippen molar-refractivity contribution in [3.05, 3.63) is 18.2 Å². The lowest BCUT2D eigenvalue weighted by Crippen LogP contribution is -2.60. The van der Waals surface area contributed by atoms with Crippen LogP contribution in [0.15, 0.2) is 12.5 Å². The van der Waals surface area contributed by atoms with Crippen LogP contribution in [0.25, 0.3) is 0 Å². The number of aliphatic hydroxyl groups is 2. The maximum atomic E-state index is 13.9. The molecule has 1 saturated heterocycles. The lowest BCUT2D eigenvalue weighted by atomic mass is 9.96. The van der Waals surface area contributed by atoms with E-state index in [0.29, 0.717) is 63.1 Å². The summed E-state index contributed by atoms with van der Waals surface area (Å²) in [5.74, 6) is -8.20. The molecule has 2 heterocycles. The van der Waals surface area contributed by atoms with Crippen LogP contribution in [0, 0.1) is 5.92 Å². The number of amides is 9. The Morgan fingerprint density at radius 3 is 1.89 bits per heavy atom. The number of unbranched alkanes of at least 4 members (excludes halogenated alkanes) is 2. The molecule has 0 unspecified atom stereocenters. The normalized spacial score (nSPS) is 17.3. The van der Waals surface area contributed by atoms with E-state index in [0.717, 1.165) is 0 Å². The summed E-state index contributed by atoms with van der Waals surface area (Å²) in [4.78, 5) is 141. The molecule has 1 aliphatic rings. The maximum absolute atomic E-state index is 13.9. The van der Waals surface area contributed by atoms with Gasteiger partial charge in [0.15, 0.2) is 0 Å². The lowest BCUT2D eigenvalue weighted by molar-refractivity contribution is -0.143. The third kappa shape index (κ3) is 21.5. The van der Waals surface area contributed by atoms with Gasteiger partial charge in [-0.2, -0.15) is 11.8 Å². The zero-order valence-corrected chi connectivity index (χ0v) is 43.8. The van der Waals surface area contributed by atoms with Crippen molar-refractivity contribution in [1.29, 1.82) is 0 Å². The summed E-state index contributed by atoms with van der Waals surface area (Å²) in [6, 6.07) is -11.2. The van der Waals surface area contributed by atoms with E-state index in [1.54, 1.807) is 20.1 Å². The molecule has 74 heavy (non-hydrogen) atoms. The highest BCUT2D eigenvalue weighted by Gasteiger charge is 2.40. The van der Waals surface area contributed by atoms with Gasteiger partial charge in [0, 0.05) is 24.9 Å². The number of imidazole rings is 1. The van der Waals surface area contributed by atoms with E-state index in [1.165, 1.54) is 43.0 Å².